The average Bonchev–Trinajstić information content (AvgIpc) is 2.53. The van der Waals surface area contributed by atoms with E-state index in [-0.39, 0.29) is 11.4 Å². The van der Waals surface area contributed by atoms with E-state index in [1.807, 2.05) is 55.4 Å². The summed E-state index contributed by atoms with van der Waals surface area (Å²) in [7, 11) is 1.51. The van der Waals surface area contributed by atoms with Crippen LogP contribution in [0.4, 0.5) is 5.69 Å². The summed E-state index contributed by atoms with van der Waals surface area (Å²) >= 11 is 0. The lowest BCUT2D eigenvalue weighted by molar-refractivity contribution is 0.402. The molecule has 2 rings (SSSR count). The number of benzene rings is 2. The first-order valence-corrected chi connectivity index (χ1v) is 8.31. The van der Waals surface area contributed by atoms with Crippen LogP contribution in [-0.2, 0) is 16.6 Å². The highest BCUT2D eigenvalue weighted by Gasteiger charge is 2.20. The van der Waals surface area contributed by atoms with Crippen LogP contribution in [-0.4, -0.2) is 29.6 Å². The van der Waals surface area contributed by atoms with E-state index in [9.17, 15) is 8.42 Å². The number of hydrogen-bond acceptors (Lipinski definition) is 4. The fraction of sp³-hybridized carbons (Fsp3) is 0.250. The second kappa shape index (κ2) is 6.81. The molecule has 2 aromatic carbocycles. The van der Waals surface area contributed by atoms with E-state index in [0.717, 1.165) is 11.3 Å². The summed E-state index contributed by atoms with van der Waals surface area (Å²) in [4.78, 5) is 1.98. The molecule has 5 nitrogen and oxygen atoms in total. The molecule has 0 saturated heterocycles. The number of sulfonamides is 1. The fourth-order valence-electron chi connectivity index (χ4n) is 2.01. The van der Waals surface area contributed by atoms with Crippen molar-refractivity contribution in [2.75, 3.05) is 26.1 Å². The second-order valence-electron chi connectivity index (χ2n) is 5.04. The minimum atomic E-state index is -3.66. The normalized spacial score (nSPS) is 11.2. The minimum absolute atomic E-state index is 0.136. The topological polar surface area (TPSA) is 58.6 Å². The fourth-order valence-corrected chi connectivity index (χ4v) is 3.21. The number of ether oxygens (including phenoxy) is 1. The van der Waals surface area contributed by atoms with Crippen LogP contribution in [0, 0.1) is 0 Å². The van der Waals surface area contributed by atoms with Gasteiger partial charge in [0.1, 0.15) is 10.6 Å². The Labute approximate surface area is 131 Å². The van der Waals surface area contributed by atoms with Crippen LogP contribution in [0.3, 0.4) is 0 Å². The average molecular weight is 320 g/mol. The van der Waals surface area contributed by atoms with Crippen molar-refractivity contribution in [2.45, 2.75) is 11.4 Å². The number of hydrogen-bond donors (Lipinski definition) is 1. The van der Waals surface area contributed by atoms with Gasteiger partial charge in [-0.25, -0.2) is 13.1 Å². The molecule has 0 unspecified atom stereocenters. The molecule has 2 aromatic rings. The summed E-state index contributed by atoms with van der Waals surface area (Å²) in [5.74, 6) is 0.325. The Morgan fingerprint density at radius 3 is 2.36 bits per heavy atom. The smallest absolute Gasteiger partial charge is 0.244 e. The lowest BCUT2D eigenvalue weighted by atomic mass is 10.2. The maximum absolute atomic E-state index is 12.6. The first kappa shape index (κ1) is 16.3. The van der Waals surface area contributed by atoms with Gasteiger partial charge in [0.15, 0.2) is 0 Å². The Hall–Kier alpha value is -2.05. The van der Waals surface area contributed by atoms with Gasteiger partial charge in [0.05, 0.1) is 7.11 Å². The van der Waals surface area contributed by atoms with Crippen LogP contribution in [0.25, 0.3) is 0 Å². The zero-order chi connectivity index (χ0) is 16.2. The molecule has 0 spiro atoms. The van der Waals surface area contributed by atoms with Crippen molar-refractivity contribution in [1.82, 2.24) is 4.72 Å². The zero-order valence-corrected chi connectivity index (χ0v) is 13.7. The van der Waals surface area contributed by atoms with Crippen LogP contribution in [0.5, 0.6) is 5.75 Å². The number of nitrogens with zero attached hydrogens (tertiary/aromatic N) is 1. The monoisotopic (exact) mass is 320 g/mol. The highest BCUT2D eigenvalue weighted by Crippen LogP contribution is 2.28. The molecular weight excluding hydrogens is 300 g/mol. The van der Waals surface area contributed by atoms with Gasteiger partial charge in [0.25, 0.3) is 0 Å². The highest BCUT2D eigenvalue weighted by atomic mass is 32.2. The number of anilines is 1. The minimum Gasteiger partial charge on any atom is -0.495 e. The van der Waals surface area contributed by atoms with Crippen molar-refractivity contribution in [3.63, 3.8) is 0 Å². The van der Waals surface area contributed by atoms with Crippen LogP contribution >= 0.6 is 0 Å². The molecule has 0 aromatic heterocycles. The molecular formula is C16H20N2O3S. The largest absolute Gasteiger partial charge is 0.495 e. The molecule has 0 aliphatic rings. The van der Waals surface area contributed by atoms with Gasteiger partial charge in [-0.15, -0.1) is 0 Å². The van der Waals surface area contributed by atoms with E-state index in [2.05, 4.69) is 4.72 Å². The predicted octanol–water partition coefficient (Wildman–Crippen LogP) is 2.24. The molecule has 6 heteroatoms. The van der Waals surface area contributed by atoms with E-state index in [1.165, 1.54) is 7.11 Å². The predicted molar refractivity (Wildman–Crippen MR) is 87.8 cm³/mol. The molecule has 0 aliphatic carbocycles. The van der Waals surface area contributed by atoms with E-state index in [0.29, 0.717) is 5.75 Å². The first-order valence-electron chi connectivity index (χ1n) is 6.83. The summed E-state index contributed by atoms with van der Waals surface area (Å²) in [5.41, 5.74) is 1.69. The van der Waals surface area contributed by atoms with Gasteiger partial charge in [-0.1, -0.05) is 30.3 Å². The van der Waals surface area contributed by atoms with Crippen LogP contribution in [0.15, 0.2) is 53.4 Å². The third-order valence-electron chi connectivity index (χ3n) is 3.26. The van der Waals surface area contributed by atoms with Gasteiger partial charge in [-0.05, 0) is 23.8 Å². The zero-order valence-electron chi connectivity index (χ0n) is 12.9. The van der Waals surface area contributed by atoms with Crippen molar-refractivity contribution in [3.8, 4) is 5.75 Å². The van der Waals surface area contributed by atoms with Gasteiger partial charge < -0.3 is 9.64 Å². The molecule has 0 heterocycles. The number of nitrogens with one attached hydrogen (secondary N) is 1. The lowest BCUT2D eigenvalue weighted by Crippen LogP contribution is -2.24. The summed E-state index contributed by atoms with van der Waals surface area (Å²) in [5, 5.41) is 0. The van der Waals surface area contributed by atoms with Gasteiger partial charge in [0.2, 0.25) is 10.0 Å². The van der Waals surface area contributed by atoms with Gasteiger partial charge in [0, 0.05) is 26.3 Å². The maximum Gasteiger partial charge on any atom is 0.244 e. The highest BCUT2D eigenvalue weighted by molar-refractivity contribution is 7.89. The summed E-state index contributed by atoms with van der Waals surface area (Å²) in [6.45, 7) is 0.235. The molecule has 0 saturated carbocycles. The molecule has 0 radical (unpaired) electrons. The molecule has 0 bridgehead atoms. The molecule has 0 aliphatic heterocycles. The summed E-state index contributed by atoms with van der Waals surface area (Å²) in [6, 6.07) is 14.5. The van der Waals surface area contributed by atoms with E-state index in [1.54, 1.807) is 12.1 Å². The van der Waals surface area contributed by atoms with Crippen LogP contribution < -0.4 is 14.4 Å². The van der Waals surface area contributed by atoms with E-state index < -0.39 is 10.0 Å². The quantitative estimate of drug-likeness (QED) is 0.887. The third kappa shape index (κ3) is 3.78. The van der Waals surface area contributed by atoms with Crippen molar-refractivity contribution < 1.29 is 13.2 Å². The second-order valence-corrected chi connectivity index (χ2v) is 6.78. The van der Waals surface area contributed by atoms with Gasteiger partial charge >= 0.3 is 0 Å². The Morgan fingerprint density at radius 1 is 1.09 bits per heavy atom. The molecule has 22 heavy (non-hydrogen) atoms. The number of methoxy groups -OCH3 is 1. The Bertz CT molecular complexity index is 728. The van der Waals surface area contributed by atoms with Crippen molar-refractivity contribution in [3.05, 3.63) is 54.1 Å². The molecule has 0 atom stereocenters. The third-order valence-corrected chi connectivity index (χ3v) is 4.68. The molecule has 1 N–H and O–H groups in total. The Kier molecular flexibility index (Phi) is 5.05. The summed E-state index contributed by atoms with van der Waals surface area (Å²) in [6.07, 6.45) is 0. The van der Waals surface area contributed by atoms with E-state index >= 15 is 0 Å². The van der Waals surface area contributed by atoms with Crippen molar-refractivity contribution in [2.24, 2.45) is 0 Å². The Balaban J connectivity index is 2.29. The maximum atomic E-state index is 12.6. The number of rotatable bonds is 6. The van der Waals surface area contributed by atoms with E-state index in [4.69, 9.17) is 4.74 Å². The first-order chi connectivity index (χ1) is 10.4. The molecule has 118 valence electrons. The summed E-state index contributed by atoms with van der Waals surface area (Å²) < 4.78 is 32.9. The van der Waals surface area contributed by atoms with Gasteiger partial charge in [-0.3, -0.25) is 0 Å². The Morgan fingerprint density at radius 2 is 1.77 bits per heavy atom. The van der Waals surface area contributed by atoms with Crippen LogP contribution in [0.1, 0.15) is 5.56 Å². The standard InChI is InChI=1S/C16H20N2O3S/c1-18(2)14-9-10-15(21-3)16(11-14)22(19,20)17-12-13-7-5-4-6-8-13/h4-11,17H,12H2,1-3H3. The van der Waals surface area contributed by atoms with Crippen LogP contribution in [0.2, 0.25) is 0 Å². The molecule has 0 fully saturated rings. The van der Waals surface area contributed by atoms with Gasteiger partial charge in [-0.2, -0.15) is 0 Å². The van der Waals surface area contributed by atoms with Crippen molar-refractivity contribution >= 4 is 15.7 Å². The molecule has 0 amide bonds. The lowest BCUT2D eigenvalue weighted by Gasteiger charge is -2.16. The SMILES string of the molecule is COc1ccc(N(C)C)cc1S(=O)(=O)NCc1ccccc1. The van der Waals surface area contributed by atoms with Crippen molar-refractivity contribution in [1.29, 1.82) is 0 Å².